The van der Waals surface area contributed by atoms with Crippen molar-refractivity contribution in [3.8, 4) is 5.75 Å². The highest BCUT2D eigenvalue weighted by Crippen LogP contribution is 2.25. The summed E-state index contributed by atoms with van der Waals surface area (Å²) >= 11 is 3.33. The summed E-state index contributed by atoms with van der Waals surface area (Å²) in [4.78, 5) is 28.7. The molecule has 6 nitrogen and oxygen atoms in total. The number of fused-ring (bicyclic) bond motifs is 1. The molecule has 0 saturated heterocycles. The van der Waals surface area contributed by atoms with Gasteiger partial charge in [-0.3, -0.25) is 9.36 Å². The number of carbonyl (C=O) groups is 1. The molecule has 0 unspecified atom stereocenters. The monoisotopic (exact) mass is 402 g/mol. The Labute approximate surface area is 152 Å². The van der Waals surface area contributed by atoms with E-state index in [0.717, 1.165) is 0 Å². The largest absolute Gasteiger partial charge is 0.496 e. The number of para-hydroxylation sites is 1. The third-order valence-corrected chi connectivity index (χ3v) is 4.30. The summed E-state index contributed by atoms with van der Waals surface area (Å²) in [5, 5.41) is 0.537. The number of hydrogen-bond donors (Lipinski definition) is 0. The van der Waals surface area contributed by atoms with E-state index in [9.17, 15) is 9.59 Å². The molecule has 0 bridgehead atoms. The molecule has 0 radical (unpaired) electrons. The summed E-state index contributed by atoms with van der Waals surface area (Å²) in [6.07, 6.45) is 1.46. The van der Waals surface area contributed by atoms with Crippen LogP contribution in [0.1, 0.15) is 10.4 Å². The fourth-order valence-corrected chi connectivity index (χ4v) is 2.92. The van der Waals surface area contributed by atoms with Gasteiger partial charge in [0.1, 0.15) is 12.4 Å². The lowest BCUT2D eigenvalue weighted by molar-refractivity contribution is 0.0490. The summed E-state index contributed by atoms with van der Waals surface area (Å²) in [6.45, 7) is 0.308. The van der Waals surface area contributed by atoms with E-state index in [4.69, 9.17) is 9.47 Å². The number of aromatic nitrogens is 2. The number of nitrogens with zero attached hydrogens (tertiary/aromatic N) is 2. The number of halogens is 1. The van der Waals surface area contributed by atoms with Crippen molar-refractivity contribution in [1.29, 1.82) is 0 Å². The Hall–Kier alpha value is -2.67. The predicted octanol–water partition coefficient (Wildman–Crippen LogP) is 3.02. The second-order valence-corrected chi connectivity index (χ2v) is 6.10. The Balaban J connectivity index is 1.67. The number of ether oxygens (including phenoxy) is 2. The zero-order chi connectivity index (χ0) is 17.8. The number of methoxy groups -OCH3 is 1. The van der Waals surface area contributed by atoms with Crippen LogP contribution < -0.4 is 10.3 Å². The normalized spacial score (nSPS) is 10.6. The smallest absolute Gasteiger partial charge is 0.338 e. The van der Waals surface area contributed by atoms with Crippen LogP contribution in [0.25, 0.3) is 10.9 Å². The minimum Gasteiger partial charge on any atom is -0.496 e. The molecule has 0 amide bonds. The van der Waals surface area contributed by atoms with E-state index < -0.39 is 5.97 Å². The molecule has 128 valence electrons. The molecule has 0 atom stereocenters. The molecule has 0 fully saturated rings. The Bertz CT molecular complexity index is 984. The first-order chi connectivity index (χ1) is 12.1. The topological polar surface area (TPSA) is 70.4 Å². The van der Waals surface area contributed by atoms with Crippen LogP contribution in [0.4, 0.5) is 0 Å². The van der Waals surface area contributed by atoms with Crippen molar-refractivity contribution >= 4 is 32.8 Å². The minimum absolute atomic E-state index is 0.0718. The summed E-state index contributed by atoms with van der Waals surface area (Å²) < 4.78 is 12.5. The first-order valence-electron chi connectivity index (χ1n) is 7.55. The molecule has 0 N–H and O–H groups in total. The molecule has 0 aliphatic carbocycles. The van der Waals surface area contributed by atoms with Crippen molar-refractivity contribution < 1.29 is 14.3 Å². The molecular formula is C18H15BrN2O4. The summed E-state index contributed by atoms with van der Waals surface area (Å²) in [7, 11) is 1.55. The molecule has 1 aromatic heterocycles. The third-order valence-electron chi connectivity index (χ3n) is 3.68. The van der Waals surface area contributed by atoms with Crippen molar-refractivity contribution in [3.05, 3.63) is 69.2 Å². The van der Waals surface area contributed by atoms with Gasteiger partial charge in [-0.25, -0.2) is 9.78 Å². The Morgan fingerprint density at radius 2 is 2.04 bits per heavy atom. The number of esters is 1. The second-order valence-electron chi connectivity index (χ2n) is 5.25. The zero-order valence-electron chi connectivity index (χ0n) is 13.4. The standard InChI is InChI=1S/C18H15BrN2O4/c1-24-16-7-6-12(10-14(16)19)18(23)25-9-8-21-11-20-15-5-3-2-4-13(15)17(21)22/h2-7,10-11H,8-9H2,1H3. The van der Waals surface area contributed by atoms with Crippen molar-refractivity contribution in [1.82, 2.24) is 9.55 Å². The van der Waals surface area contributed by atoms with Gasteiger partial charge in [0.05, 0.1) is 40.9 Å². The maximum atomic E-state index is 12.4. The van der Waals surface area contributed by atoms with Crippen LogP contribution in [0, 0.1) is 0 Å². The molecule has 3 aromatic rings. The van der Waals surface area contributed by atoms with E-state index in [1.807, 2.05) is 6.07 Å². The van der Waals surface area contributed by atoms with Crippen LogP contribution in [0.3, 0.4) is 0 Å². The van der Waals surface area contributed by atoms with Gasteiger partial charge < -0.3 is 9.47 Å². The molecule has 25 heavy (non-hydrogen) atoms. The Kier molecular flexibility index (Phi) is 5.14. The molecule has 1 heterocycles. The van der Waals surface area contributed by atoms with Gasteiger partial charge in [-0.05, 0) is 46.3 Å². The zero-order valence-corrected chi connectivity index (χ0v) is 15.0. The van der Waals surface area contributed by atoms with Gasteiger partial charge in [0.25, 0.3) is 5.56 Å². The quantitative estimate of drug-likeness (QED) is 0.613. The van der Waals surface area contributed by atoms with Gasteiger partial charge in [-0.2, -0.15) is 0 Å². The summed E-state index contributed by atoms with van der Waals surface area (Å²) in [5.41, 5.74) is 0.884. The van der Waals surface area contributed by atoms with Crippen LogP contribution in [0.5, 0.6) is 5.75 Å². The predicted molar refractivity (Wildman–Crippen MR) is 97.0 cm³/mol. The fourth-order valence-electron chi connectivity index (χ4n) is 2.38. The second kappa shape index (κ2) is 7.48. The summed E-state index contributed by atoms with van der Waals surface area (Å²) in [5.74, 6) is 0.162. The molecule has 0 aliphatic heterocycles. The van der Waals surface area contributed by atoms with Crippen molar-refractivity contribution in [2.24, 2.45) is 0 Å². The fraction of sp³-hybridized carbons (Fsp3) is 0.167. The Morgan fingerprint density at radius 1 is 1.24 bits per heavy atom. The van der Waals surface area contributed by atoms with E-state index in [1.54, 1.807) is 43.5 Å². The highest BCUT2D eigenvalue weighted by atomic mass is 79.9. The number of carbonyl (C=O) groups excluding carboxylic acids is 1. The minimum atomic E-state index is -0.467. The van der Waals surface area contributed by atoms with Gasteiger partial charge in [-0.1, -0.05) is 12.1 Å². The van der Waals surface area contributed by atoms with Gasteiger partial charge in [0.2, 0.25) is 0 Å². The van der Waals surface area contributed by atoms with Crippen LogP contribution >= 0.6 is 15.9 Å². The van der Waals surface area contributed by atoms with E-state index in [1.165, 1.54) is 10.9 Å². The average molecular weight is 403 g/mol. The lowest BCUT2D eigenvalue weighted by Gasteiger charge is -2.09. The summed E-state index contributed by atoms with van der Waals surface area (Å²) in [6, 6.07) is 12.1. The van der Waals surface area contributed by atoms with Crippen LogP contribution in [-0.4, -0.2) is 29.2 Å². The van der Waals surface area contributed by atoms with Crippen LogP contribution in [-0.2, 0) is 11.3 Å². The SMILES string of the molecule is COc1ccc(C(=O)OCCn2cnc3ccccc3c2=O)cc1Br. The molecule has 2 aromatic carbocycles. The van der Waals surface area contributed by atoms with Gasteiger partial charge >= 0.3 is 5.97 Å². The maximum absolute atomic E-state index is 12.4. The highest BCUT2D eigenvalue weighted by Gasteiger charge is 2.11. The van der Waals surface area contributed by atoms with Crippen LogP contribution in [0.2, 0.25) is 0 Å². The number of hydrogen-bond acceptors (Lipinski definition) is 5. The highest BCUT2D eigenvalue weighted by molar-refractivity contribution is 9.10. The number of rotatable bonds is 5. The Morgan fingerprint density at radius 3 is 2.80 bits per heavy atom. The first kappa shape index (κ1) is 17.2. The van der Waals surface area contributed by atoms with Gasteiger partial charge in [0, 0.05) is 0 Å². The average Bonchev–Trinajstić information content (AvgIpc) is 2.63. The van der Waals surface area contributed by atoms with Gasteiger partial charge in [-0.15, -0.1) is 0 Å². The van der Waals surface area contributed by atoms with E-state index in [0.29, 0.717) is 26.7 Å². The van der Waals surface area contributed by atoms with Crippen molar-refractivity contribution in [2.75, 3.05) is 13.7 Å². The van der Waals surface area contributed by atoms with Crippen molar-refractivity contribution in [3.63, 3.8) is 0 Å². The number of benzene rings is 2. The van der Waals surface area contributed by atoms with E-state index in [2.05, 4.69) is 20.9 Å². The molecule has 3 rings (SSSR count). The van der Waals surface area contributed by atoms with E-state index in [-0.39, 0.29) is 18.7 Å². The molecule has 7 heteroatoms. The van der Waals surface area contributed by atoms with Gasteiger partial charge in [0.15, 0.2) is 0 Å². The first-order valence-corrected chi connectivity index (χ1v) is 8.34. The molecule has 0 aliphatic rings. The lowest BCUT2D eigenvalue weighted by atomic mass is 10.2. The van der Waals surface area contributed by atoms with Crippen molar-refractivity contribution in [2.45, 2.75) is 6.54 Å². The third kappa shape index (κ3) is 3.71. The molecule has 0 saturated carbocycles. The molecule has 0 spiro atoms. The maximum Gasteiger partial charge on any atom is 0.338 e. The molecular weight excluding hydrogens is 388 g/mol. The lowest BCUT2D eigenvalue weighted by Crippen LogP contribution is -2.23. The van der Waals surface area contributed by atoms with E-state index >= 15 is 0 Å². The van der Waals surface area contributed by atoms with Crippen LogP contribution in [0.15, 0.2) is 58.1 Å².